The average Bonchev–Trinajstić information content (AvgIpc) is 3.10. The largest absolute Gasteiger partial charge is 0.324 e. The molecule has 0 radical (unpaired) electrons. The first-order valence-electron chi connectivity index (χ1n) is 7.10. The summed E-state index contributed by atoms with van der Waals surface area (Å²) in [4.78, 5) is 19.8. The van der Waals surface area contributed by atoms with Crippen molar-refractivity contribution >= 4 is 17.6 Å². The molecule has 0 N–H and O–H groups in total. The van der Waals surface area contributed by atoms with Crippen molar-refractivity contribution in [3.8, 4) is 0 Å². The van der Waals surface area contributed by atoms with Gasteiger partial charge in [-0.25, -0.2) is 0 Å². The van der Waals surface area contributed by atoms with Crippen LogP contribution in [-0.2, 0) is 4.79 Å². The number of rotatable bonds is 3. The van der Waals surface area contributed by atoms with Gasteiger partial charge in [0, 0.05) is 32.3 Å². The second-order valence-corrected chi connectivity index (χ2v) is 5.51. The van der Waals surface area contributed by atoms with Gasteiger partial charge in [0.05, 0.1) is 17.9 Å². The molecular formula is C13H16N6O2. The van der Waals surface area contributed by atoms with Crippen LogP contribution in [0.2, 0.25) is 0 Å². The quantitative estimate of drug-likeness (QED) is 0.829. The monoisotopic (exact) mass is 288 g/mol. The number of hydrogen-bond acceptors (Lipinski definition) is 6. The Morgan fingerprint density at radius 1 is 1.38 bits per heavy atom. The van der Waals surface area contributed by atoms with Gasteiger partial charge >= 0.3 is 6.01 Å². The summed E-state index contributed by atoms with van der Waals surface area (Å²) < 4.78 is 7.05. The highest BCUT2D eigenvalue weighted by molar-refractivity contribution is 5.95. The Balaban J connectivity index is 1.42. The SMILES string of the molecule is Cc1noc(N2CC(n3cc(N4CCCC4=O)cn3)C2)n1. The topological polar surface area (TPSA) is 80.3 Å². The van der Waals surface area contributed by atoms with Crippen molar-refractivity contribution < 1.29 is 9.32 Å². The van der Waals surface area contributed by atoms with Crippen LogP contribution in [0.25, 0.3) is 0 Å². The van der Waals surface area contributed by atoms with Crippen LogP contribution in [-0.4, -0.2) is 45.5 Å². The third-order valence-corrected chi connectivity index (χ3v) is 4.00. The van der Waals surface area contributed by atoms with E-state index in [1.54, 1.807) is 18.0 Å². The first kappa shape index (κ1) is 12.4. The summed E-state index contributed by atoms with van der Waals surface area (Å²) in [6, 6.07) is 0.842. The van der Waals surface area contributed by atoms with E-state index in [0.29, 0.717) is 18.3 Å². The molecule has 0 unspecified atom stereocenters. The Morgan fingerprint density at radius 2 is 2.24 bits per heavy atom. The summed E-state index contributed by atoms with van der Waals surface area (Å²) in [5.74, 6) is 0.827. The molecule has 0 saturated carbocycles. The van der Waals surface area contributed by atoms with Crippen molar-refractivity contribution in [3.05, 3.63) is 18.2 Å². The number of carbonyl (C=O) groups is 1. The highest BCUT2D eigenvalue weighted by Crippen LogP contribution is 2.28. The predicted molar refractivity (Wildman–Crippen MR) is 74.1 cm³/mol. The lowest BCUT2D eigenvalue weighted by Gasteiger charge is -2.37. The van der Waals surface area contributed by atoms with E-state index in [0.717, 1.165) is 31.7 Å². The molecule has 0 aliphatic carbocycles. The summed E-state index contributed by atoms with van der Waals surface area (Å²) in [6.45, 7) is 4.17. The van der Waals surface area contributed by atoms with E-state index < -0.39 is 0 Å². The van der Waals surface area contributed by atoms with E-state index in [1.165, 1.54) is 0 Å². The number of aromatic nitrogens is 4. The molecule has 0 bridgehead atoms. The van der Waals surface area contributed by atoms with Crippen molar-refractivity contribution in [2.45, 2.75) is 25.8 Å². The molecule has 8 nitrogen and oxygen atoms in total. The molecule has 2 aliphatic heterocycles. The van der Waals surface area contributed by atoms with Crippen molar-refractivity contribution in [2.75, 3.05) is 29.4 Å². The molecule has 8 heteroatoms. The van der Waals surface area contributed by atoms with Crippen LogP contribution in [0.4, 0.5) is 11.7 Å². The lowest BCUT2D eigenvalue weighted by Crippen LogP contribution is -2.48. The highest BCUT2D eigenvalue weighted by Gasteiger charge is 2.33. The van der Waals surface area contributed by atoms with Crippen molar-refractivity contribution in [2.24, 2.45) is 0 Å². The fraction of sp³-hybridized carbons (Fsp3) is 0.538. The van der Waals surface area contributed by atoms with E-state index >= 15 is 0 Å². The maximum Gasteiger partial charge on any atom is 0.324 e. The molecular weight excluding hydrogens is 272 g/mol. The van der Waals surface area contributed by atoms with Crippen LogP contribution in [0.3, 0.4) is 0 Å². The van der Waals surface area contributed by atoms with Crippen LogP contribution >= 0.6 is 0 Å². The molecule has 0 aromatic carbocycles. The van der Waals surface area contributed by atoms with Crippen LogP contribution in [0.5, 0.6) is 0 Å². The number of nitrogens with zero attached hydrogens (tertiary/aromatic N) is 6. The number of amides is 1. The Bertz CT molecular complexity index is 672. The maximum absolute atomic E-state index is 11.7. The van der Waals surface area contributed by atoms with Crippen LogP contribution in [0.1, 0.15) is 24.7 Å². The Kier molecular flexibility index (Phi) is 2.69. The third-order valence-electron chi connectivity index (χ3n) is 4.00. The summed E-state index contributed by atoms with van der Waals surface area (Å²) in [7, 11) is 0. The molecule has 1 amide bonds. The van der Waals surface area contributed by atoms with E-state index in [-0.39, 0.29) is 11.9 Å². The second-order valence-electron chi connectivity index (χ2n) is 5.51. The van der Waals surface area contributed by atoms with E-state index in [9.17, 15) is 4.79 Å². The van der Waals surface area contributed by atoms with E-state index in [1.807, 2.05) is 15.8 Å². The number of carbonyl (C=O) groups excluding carboxylic acids is 1. The minimum atomic E-state index is 0.186. The van der Waals surface area contributed by atoms with Gasteiger partial charge in [-0.2, -0.15) is 10.1 Å². The minimum Gasteiger partial charge on any atom is -0.320 e. The molecule has 2 aromatic rings. The zero-order valence-corrected chi connectivity index (χ0v) is 11.8. The van der Waals surface area contributed by atoms with Gasteiger partial charge in [0.1, 0.15) is 0 Å². The van der Waals surface area contributed by atoms with Gasteiger partial charge in [0.2, 0.25) is 5.91 Å². The van der Waals surface area contributed by atoms with E-state index in [2.05, 4.69) is 15.2 Å². The fourth-order valence-electron chi connectivity index (χ4n) is 2.78. The summed E-state index contributed by atoms with van der Waals surface area (Å²) in [5.41, 5.74) is 0.893. The Hall–Kier alpha value is -2.38. The normalized spacial score (nSPS) is 19.4. The minimum absolute atomic E-state index is 0.186. The number of hydrogen-bond donors (Lipinski definition) is 0. The first-order valence-corrected chi connectivity index (χ1v) is 7.10. The Labute approximate surface area is 121 Å². The van der Waals surface area contributed by atoms with Gasteiger partial charge in [-0.05, 0) is 13.3 Å². The van der Waals surface area contributed by atoms with Gasteiger partial charge in [-0.3, -0.25) is 9.48 Å². The smallest absolute Gasteiger partial charge is 0.320 e. The van der Waals surface area contributed by atoms with Crippen LogP contribution < -0.4 is 9.80 Å². The van der Waals surface area contributed by atoms with Gasteiger partial charge in [0.25, 0.3) is 0 Å². The first-order chi connectivity index (χ1) is 10.2. The molecule has 2 aromatic heterocycles. The van der Waals surface area contributed by atoms with Crippen LogP contribution in [0.15, 0.2) is 16.9 Å². The molecule has 2 saturated heterocycles. The summed E-state index contributed by atoms with van der Waals surface area (Å²) >= 11 is 0. The zero-order valence-electron chi connectivity index (χ0n) is 11.8. The third kappa shape index (κ3) is 2.07. The van der Waals surface area contributed by atoms with Crippen molar-refractivity contribution in [3.63, 3.8) is 0 Å². The predicted octanol–water partition coefficient (Wildman–Crippen LogP) is 0.763. The molecule has 110 valence electrons. The highest BCUT2D eigenvalue weighted by atomic mass is 16.5. The maximum atomic E-state index is 11.7. The zero-order chi connectivity index (χ0) is 14.4. The average molecular weight is 288 g/mol. The Morgan fingerprint density at radius 3 is 2.90 bits per heavy atom. The molecule has 4 heterocycles. The molecule has 2 aliphatic rings. The van der Waals surface area contributed by atoms with E-state index in [4.69, 9.17) is 4.52 Å². The lowest BCUT2D eigenvalue weighted by atomic mass is 10.1. The van der Waals surface area contributed by atoms with Gasteiger partial charge in [-0.1, -0.05) is 5.16 Å². The lowest BCUT2D eigenvalue weighted by molar-refractivity contribution is -0.117. The number of anilines is 2. The van der Waals surface area contributed by atoms with Crippen molar-refractivity contribution in [1.29, 1.82) is 0 Å². The molecule has 4 rings (SSSR count). The summed E-state index contributed by atoms with van der Waals surface area (Å²) in [6.07, 6.45) is 5.28. The van der Waals surface area contributed by atoms with Gasteiger partial charge in [-0.15, -0.1) is 0 Å². The van der Waals surface area contributed by atoms with Gasteiger partial charge < -0.3 is 14.3 Å². The second kappa shape index (κ2) is 4.57. The molecule has 0 spiro atoms. The molecule has 21 heavy (non-hydrogen) atoms. The van der Waals surface area contributed by atoms with Crippen LogP contribution in [0, 0.1) is 6.92 Å². The van der Waals surface area contributed by atoms with Crippen molar-refractivity contribution in [1.82, 2.24) is 19.9 Å². The molecule has 0 atom stereocenters. The van der Waals surface area contributed by atoms with Gasteiger partial charge in [0.15, 0.2) is 5.82 Å². The fourth-order valence-corrected chi connectivity index (χ4v) is 2.78. The summed E-state index contributed by atoms with van der Waals surface area (Å²) in [5, 5.41) is 8.17. The molecule has 2 fully saturated rings. The number of aryl methyl sites for hydroxylation is 1. The standard InChI is InChI=1S/C13H16N6O2/c1-9-15-13(21-16-9)17-6-11(7-17)19-8-10(5-14-19)18-4-2-3-12(18)20/h5,8,11H,2-4,6-7H2,1H3.